The summed E-state index contributed by atoms with van der Waals surface area (Å²) in [5, 5.41) is 0. The molecular formula is C15H27BrN2. The Labute approximate surface area is 122 Å². The van der Waals surface area contributed by atoms with Crippen molar-refractivity contribution in [3.05, 3.63) is 12.4 Å². The number of hydrogen-bond acceptors (Lipinski definition) is 2. The zero-order valence-electron chi connectivity index (χ0n) is 11.4. The minimum absolute atomic E-state index is 0. The van der Waals surface area contributed by atoms with Gasteiger partial charge in [0.15, 0.2) is 0 Å². The lowest BCUT2D eigenvalue weighted by Crippen LogP contribution is -2.39. The van der Waals surface area contributed by atoms with Gasteiger partial charge in [0.1, 0.15) is 0 Å². The van der Waals surface area contributed by atoms with Crippen LogP contribution in [-0.2, 0) is 0 Å². The molecule has 0 spiro atoms. The van der Waals surface area contributed by atoms with Crippen LogP contribution < -0.4 is 0 Å². The molecule has 0 aromatic carbocycles. The zero-order valence-corrected chi connectivity index (χ0v) is 13.1. The normalized spacial score (nSPS) is 26.4. The van der Waals surface area contributed by atoms with Gasteiger partial charge in [0.25, 0.3) is 0 Å². The Morgan fingerprint density at radius 1 is 0.611 bits per heavy atom. The van der Waals surface area contributed by atoms with Crippen LogP contribution in [0.25, 0.3) is 0 Å². The number of rotatable bonds is 2. The van der Waals surface area contributed by atoms with Gasteiger partial charge in [0.2, 0.25) is 0 Å². The Kier molecular flexibility index (Phi) is 5.40. The fourth-order valence-electron chi connectivity index (χ4n) is 3.75. The minimum Gasteiger partial charge on any atom is -0.356 e. The summed E-state index contributed by atoms with van der Waals surface area (Å²) in [6.45, 7) is 1.18. The van der Waals surface area contributed by atoms with Crippen molar-refractivity contribution in [3.8, 4) is 0 Å². The summed E-state index contributed by atoms with van der Waals surface area (Å²) in [4.78, 5) is 5.21. The minimum atomic E-state index is 0. The summed E-state index contributed by atoms with van der Waals surface area (Å²) >= 11 is 0. The molecule has 3 heteroatoms. The van der Waals surface area contributed by atoms with Crippen LogP contribution in [0.5, 0.6) is 0 Å². The first-order chi connectivity index (χ1) is 8.43. The molecule has 2 saturated carbocycles. The highest BCUT2D eigenvalue weighted by atomic mass is 79.9. The van der Waals surface area contributed by atoms with Crippen LogP contribution in [0.2, 0.25) is 0 Å². The molecule has 0 saturated heterocycles. The van der Waals surface area contributed by atoms with E-state index >= 15 is 0 Å². The summed E-state index contributed by atoms with van der Waals surface area (Å²) < 4.78 is 0. The fraction of sp³-hybridized carbons (Fsp3) is 0.867. The van der Waals surface area contributed by atoms with Gasteiger partial charge in [-0.2, -0.15) is 0 Å². The summed E-state index contributed by atoms with van der Waals surface area (Å²) in [5.41, 5.74) is 0. The maximum Gasteiger partial charge on any atom is 0.0899 e. The Hall–Kier alpha value is -0.180. The summed E-state index contributed by atoms with van der Waals surface area (Å²) in [5.74, 6) is 0. The molecular weight excluding hydrogens is 288 g/mol. The molecule has 0 aromatic rings. The molecule has 3 aliphatic rings. The molecule has 2 aliphatic carbocycles. The maximum atomic E-state index is 2.60. The number of nitrogens with zero attached hydrogens (tertiary/aromatic N) is 2. The van der Waals surface area contributed by atoms with Crippen molar-refractivity contribution in [2.24, 2.45) is 0 Å². The van der Waals surface area contributed by atoms with Crippen molar-refractivity contribution in [2.75, 3.05) is 6.67 Å². The number of halogens is 1. The predicted molar refractivity (Wildman–Crippen MR) is 81.8 cm³/mol. The lowest BCUT2D eigenvalue weighted by molar-refractivity contribution is 0.134. The van der Waals surface area contributed by atoms with Gasteiger partial charge in [-0.15, -0.1) is 17.0 Å². The molecule has 0 N–H and O–H groups in total. The van der Waals surface area contributed by atoms with Crippen molar-refractivity contribution in [1.82, 2.24) is 9.80 Å². The van der Waals surface area contributed by atoms with Crippen LogP contribution in [0, 0.1) is 0 Å². The van der Waals surface area contributed by atoms with Crippen molar-refractivity contribution in [1.29, 1.82) is 0 Å². The highest BCUT2D eigenvalue weighted by Gasteiger charge is 2.27. The van der Waals surface area contributed by atoms with Gasteiger partial charge in [-0.1, -0.05) is 38.5 Å². The van der Waals surface area contributed by atoms with E-state index in [0.717, 1.165) is 12.1 Å². The maximum absolute atomic E-state index is 2.60. The molecule has 18 heavy (non-hydrogen) atoms. The SMILES string of the molecule is Br.C1=CN(C2CCCCC2)CN1C1CCCCC1. The summed E-state index contributed by atoms with van der Waals surface area (Å²) in [7, 11) is 0. The van der Waals surface area contributed by atoms with E-state index in [4.69, 9.17) is 0 Å². The largest absolute Gasteiger partial charge is 0.356 e. The first-order valence-electron chi connectivity index (χ1n) is 7.63. The molecule has 3 rings (SSSR count). The average Bonchev–Trinajstić information content (AvgIpc) is 2.90. The molecule has 1 aliphatic heterocycles. The third kappa shape index (κ3) is 3.23. The first kappa shape index (κ1) is 14.2. The molecule has 0 radical (unpaired) electrons. The van der Waals surface area contributed by atoms with E-state index in [2.05, 4.69) is 22.2 Å². The molecule has 2 nitrogen and oxygen atoms in total. The topological polar surface area (TPSA) is 6.48 Å². The quantitative estimate of drug-likeness (QED) is 0.750. The highest BCUT2D eigenvalue weighted by molar-refractivity contribution is 8.93. The second-order valence-electron chi connectivity index (χ2n) is 6.05. The Bertz CT molecular complexity index is 242. The van der Waals surface area contributed by atoms with E-state index < -0.39 is 0 Å². The van der Waals surface area contributed by atoms with Crippen LogP contribution in [0.15, 0.2) is 12.4 Å². The van der Waals surface area contributed by atoms with E-state index in [0.29, 0.717) is 0 Å². The lowest BCUT2D eigenvalue weighted by atomic mass is 9.94. The van der Waals surface area contributed by atoms with Crippen LogP contribution >= 0.6 is 17.0 Å². The Balaban J connectivity index is 0.00000120. The van der Waals surface area contributed by atoms with E-state index in [-0.39, 0.29) is 17.0 Å². The summed E-state index contributed by atoms with van der Waals surface area (Å²) in [6.07, 6.45) is 19.1. The van der Waals surface area contributed by atoms with E-state index in [9.17, 15) is 0 Å². The monoisotopic (exact) mass is 314 g/mol. The van der Waals surface area contributed by atoms with Gasteiger partial charge < -0.3 is 9.80 Å². The molecule has 0 bridgehead atoms. The van der Waals surface area contributed by atoms with Crippen LogP contribution in [0.3, 0.4) is 0 Å². The van der Waals surface area contributed by atoms with E-state index in [1.165, 1.54) is 70.9 Å². The van der Waals surface area contributed by atoms with Crippen molar-refractivity contribution >= 4 is 17.0 Å². The second-order valence-corrected chi connectivity index (χ2v) is 6.05. The molecule has 0 unspecified atom stereocenters. The van der Waals surface area contributed by atoms with Crippen molar-refractivity contribution in [3.63, 3.8) is 0 Å². The standard InChI is InChI=1S/C15H26N2.BrH/c1-3-7-14(8-4-1)16-11-12-17(13-16)15-9-5-2-6-10-15;/h11-12,14-15H,1-10,13H2;1H. The van der Waals surface area contributed by atoms with Crippen molar-refractivity contribution < 1.29 is 0 Å². The zero-order chi connectivity index (χ0) is 11.5. The third-order valence-corrected chi connectivity index (χ3v) is 4.86. The highest BCUT2D eigenvalue weighted by Crippen LogP contribution is 2.29. The summed E-state index contributed by atoms with van der Waals surface area (Å²) in [6, 6.07) is 1.68. The van der Waals surface area contributed by atoms with E-state index in [1.807, 2.05) is 0 Å². The fourth-order valence-corrected chi connectivity index (χ4v) is 3.75. The van der Waals surface area contributed by atoms with Crippen LogP contribution in [0.1, 0.15) is 64.2 Å². The van der Waals surface area contributed by atoms with Crippen molar-refractivity contribution in [2.45, 2.75) is 76.3 Å². The first-order valence-corrected chi connectivity index (χ1v) is 7.63. The Morgan fingerprint density at radius 2 is 1.00 bits per heavy atom. The average molecular weight is 315 g/mol. The van der Waals surface area contributed by atoms with Gasteiger partial charge in [0, 0.05) is 24.5 Å². The van der Waals surface area contributed by atoms with Crippen LogP contribution in [-0.4, -0.2) is 28.6 Å². The van der Waals surface area contributed by atoms with Gasteiger partial charge in [-0.05, 0) is 25.7 Å². The molecule has 0 atom stereocenters. The van der Waals surface area contributed by atoms with Gasteiger partial charge in [0.05, 0.1) is 6.67 Å². The molecule has 2 fully saturated rings. The molecule has 104 valence electrons. The molecule has 0 amide bonds. The smallest absolute Gasteiger partial charge is 0.0899 e. The van der Waals surface area contributed by atoms with E-state index in [1.54, 1.807) is 0 Å². The van der Waals surface area contributed by atoms with Gasteiger partial charge in [-0.25, -0.2) is 0 Å². The third-order valence-electron chi connectivity index (χ3n) is 4.86. The van der Waals surface area contributed by atoms with Crippen LogP contribution in [0.4, 0.5) is 0 Å². The van der Waals surface area contributed by atoms with Gasteiger partial charge >= 0.3 is 0 Å². The molecule has 1 heterocycles. The second kappa shape index (κ2) is 6.83. The lowest BCUT2D eigenvalue weighted by Gasteiger charge is -2.36. The Morgan fingerprint density at radius 3 is 1.39 bits per heavy atom. The molecule has 0 aromatic heterocycles. The predicted octanol–water partition coefficient (Wildman–Crippen LogP) is 4.28. The number of hydrogen-bond donors (Lipinski definition) is 0. The van der Waals surface area contributed by atoms with Gasteiger partial charge in [-0.3, -0.25) is 0 Å².